The van der Waals surface area contributed by atoms with Crippen LogP contribution < -0.4 is 10.5 Å². The molecule has 1 fully saturated rings. The third-order valence-corrected chi connectivity index (χ3v) is 5.66. The van der Waals surface area contributed by atoms with Crippen molar-refractivity contribution in [3.8, 4) is 17.4 Å². The van der Waals surface area contributed by atoms with Crippen LogP contribution >= 0.6 is 0 Å². The highest BCUT2D eigenvalue weighted by atomic mass is 19.1. The predicted molar refractivity (Wildman–Crippen MR) is 118 cm³/mol. The molecule has 2 aliphatic heterocycles. The van der Waals surface area contributed by atoms with E-state index in [2.05, 4.69) is 20.2 Å². The first-order valence-corrected chi connectivity index (χ1v) is 10.8. The van der Waals surface area contributed by atoms with Gasteiger partial charge in [0.1, 0.15) is 30.0 Å². The molecule has 1 atom stereocenters. The lowest BCUT2D eigenvalue weighted by Gasteiger charge is -2.40. The number of urea groups is 1. The number of hydrogen-bond acceptors (Lipinski definition) is 7. The minimum Gasteiger partial charge on any atom is -0.468 e. The fraction of sp³-hybridized carbons (Fsp3) is 0.273. The summed E-state index contributed by atoms with van der Waals surface area (Å²) in [6.45, 7) is 0.0299. The lowest BCUT2D eigenvalue weighted by Crippen LogP contribution is -2.59. The second-order valence-corrected chi connectivity index (χ2v) is 8.21. The Balaban J connectivity index is 1.24. The van der Waals surface area contributed by atoms with Crippen LogP contribution in [0.2, 0.25) is 0 Å². The quantitative estimate of drug-likeness (QED) is 0.550. The summed E-state index contributed by atoms with van der Waals surface area (Å²) in [5.41, 5.74) is 5.84. The number of aromatic nitrogens is 4. The number of hydrogen-bond donors (Lipinski definition) is 1. The average molecular weight is 500 g/mol. The van der Waals surface area contributed by atoms with E-state index in [0.717, 1.165) is 29.4 Å². The Morgan fingerprint density at radius 1 is 1.14 bits per heavy atom. The summed E-state index contributed by atoms with van der Waals surface area (Å²) < 4.78 is 48.5. The maximum atomic E-state index is 14.3. The van der Waals surface area contributed by atoms with Gasteiger partial charge in [0.25, 0.3) is 5.88 Å². The van der Waals surface area contributed by atoms with Crippen LogP contribution in [0.1, 0.15) is 18.0 Å². The van der Waals surface area contributed by atoms with Crippen molar-refractivity contribution in [2.24, 2.45) is 10.8 Å². The molecule has 0 saturated carbocycles. The van der Waals surface area contributed by atoms with Gasteiger partial charge in [-0.25, -0.2) is 23.6 Å². The van der Waals surface area contributed by atoms with E-state index in [9.17, 15) is 22.8 Å². The van der Waals surface area contributed by atoms with Gasteiger partial charge >= 0.3 is 6.03 Å². The molecule has 5 rings (SSSR count). The summed E-state index contributed by atoms with van der Waals surface area (Å²) in [5, 5.41) is 9.19. The summed E-state index contributed by atoms with van der Waals surface area (Å²) >= 11 is 0. The molecular formula is C22H19F3N8O3. The van der Waals surface area contributed by atoms with Gasteiger partial charge in [-0.15, -0.1) is 0 Å². The maximum Gasteiger partial charge on any atom is 0.341 e. The smallest absolute Gasteiger partial charge is 0.341 e. The van der Waals surface area contributed by atoms with Crippen LogP contribution in [0.3, 0.4) is 0 Å². The van der Waals surface area contributed by atoms with Gasteiger partial charge in [0.05, 0.1) is 25.3 Å². The summed E-state index contributed by atoms with van der Waals surface area (Å²) in [6, 6.07) is 3.51. The first-order valence-electron chi connectivity index (χ1n) is 10.8. The van der Waals surface area contributed by atoms with Crippen LogP contribution in [0.5, 0.6) is 5.88 Å². The van der Waals surface area contributed by atoms with E-state index >= 15 is 0 Å². The van der Waals surface area contributed by atoms with E-state index in [1.807, 2.05) is 0 Å². The van der Waals surface area contributed by atoms with Crippen molar-refractivity contribution < 1.29 is 27.5 Å². The van der Waals surface area contributed by atoms with Crippen molar-refractivity contribution in [3.63, 3.8) is 0 Å². The van der Waals surface area contributed by atoms with Crippen LogP contribution in [0.25, 0.3) is 11.5 Å². The third-order valence-electron chi connectivity index (χ3n) is 5.66. The molecule has 186 valence electrons. The molecule has 0 spiro atoms. The number of halogens is 3. The number of amides is 3. The van der Waals surface area contributed by atoms with Crippen molar-refractivity contribution in [3.05, 3.63) is 59.7 Å². The van der Waals surface area contributed by atoms with E-state index < -0.39 is 41.5 Å². The van der Waals surface area contributed by atoms with Gasteiger partial charge in [0.15, 0.2) is 5.82 Å². The number of hydrazone groups is 1. The second-order valence-electron chi connectivity index (χ2n) is 8.21. The van der Waals surface area contributed by atoms with Crippen LogP contribution in [-0.4, -0.2) is 67.0 Å². The first kappa shape index (κ1) is 23.3. The molecule has 0 radical (unpaired) electrons. The largest absolute Gasteiger partial charge is 0.468 e. The summed E-state index contributed by atoms with van der Waals surface area (Å²) in [4.78, 5) is 33.6. The zero-order valence-electron chi connectivity index (χ0n) is 18.6. The lowest BCUT2D eigenvalue weighted by molar-refractivity contribution is -0.118. The number of nitrogens with zero attached hydrogens (tertiary/aromatic N) is 7. The minimum atomic E-state index is -0.804. The number of carbonyl (C=O) groups excluding carboxylic acids is 2. The van der Waals surface area contributed by atoms with Crippen LogP contribution in [0.4, 0.5) is 18.0 Å². The van der Waals surface area contributed by atoms with Crippen molar-refractivity contribution in [1.29, 1.82) is 0 Å². The molecular weight excluding hydrogens is 481 g/mol. The maximum absolute atomic E-state index is 14.3. The summed E-state index contributed by atoms with van der Waals surface area (Å²) in [5.74, 6) is -3.16. The number of nitrogens with two attached hydrogens (primary N) is 1. The van der Waals surface area contributed by atoms with Crippen LogP contribution in [-0.2, 0) is 11.3 Å². The minimum absolute atomic E-state index is 0.0778. The predicted octanol–water partition coefficient (Wildman–Crippen LogP) is 1.86. The SMILES string of the molecule is NC(=O)Cn1nccc1-c1ncc(F)c(OC2CN(C(=O)N3N=CC[C@H]3c3cc(F)cc(F)c3)C2)n1. The third kappa shape index (κ3) is 4.56. The van der Waals surface area contributed by atoms with Crippen LogP contribution in [0.15, 0.2) is 41.8 Å². The molecule has 2 aromatic heterocycles. The van der Waals surface area contributed by atoms with Gasteiger partial charge in [-0.05, 0) is 23.8 Å². The molecule has 4 heterocycles. The van der Waals surface area contributed by atoms with Gasteiger partial charge < -0.3 is 15.4 Å². The first-order chi connectivity index (χ1) is 17.3. The summed E-state index contributed by atoms with van der Waals surface area (Å²) in [7, 11) is 0. The molecule has 0 aliphatic carbocycles. The number of rotatable bonds is 6. The van der Waals surface area contributed by atoms with Gasteiger partial charge in [-0.3, -0.25) is 9.48 Å². The average Bonchev–Trinajstić information content (AvgIpc) is 3.45. The van der Waals surface area contributed by atoms with Crippen molar-refractivity contribution >= 4 is 18.2 Å². The zero-order chi connectivity index (χ0) is 25.4. The van der Waals surface area contributed by atoms with E-state index in [1.54, 1.807) is 6.07 Å². The molecule has 0 unspecified atom stereocenters. The molecule has 3 amide bonds. The number of ether oxygens (including phenoxy) is 1. The van der Waals surface area contributed by atoms with Crippen molar-refractivity contribution in [2.75, 3.05) is 13.1 Å². The lowest BCUT2D eigenvalue weighted by atomic mass is 10.0. The molecule has 11 nitrogen and oxygen atoms in total. The zero-order valence-corrected chi connectivity index (χ0v) is 18.6. The van der Waals surface area contributed by atoms with Crippen LogP contribution in [0, 0.1) is 17.5 Å². The number of carbonyl (C=O) groups is 2. The molecule has 3 aromatic rings. The molecule has 1 saturated heterocycles. The van der Waals surface area contributed by atoms with E-state index in [0.29, 0.717) is 12.1 Å². The Hall–Kier alpha value is -4.49. The van der Waals surface area contributed by atoms with Crippen molar-refractivity contribution in [1.82, 2.24) is 29.7 Å². The molecule has 14 heteroatoms. The number of likely N-dealkylation sites (tertiary alicyclic amines) is 1. The highest BCUT2D eigenvalue weighted by Gasteiger charge is 2.39. The number of benzene rings is 1. The second kappa shape index (κ2) is 9.28. The Bertz CT molecular complexity index is 1340. The Kier molecular flexibility index (Phi) is 6.00. The summed E-state index contributed by atoms with van der Waals surface area (Å²) in [6.07, 6.45) is 3.61. The normalized spacial score (nSPS) is 17.4. The standard InChI is InChI=1S/C22H19F3N8O3/c23-13-5-12(6-14(24)7-13)17-1-4-29-33(17)22(35)31-9-15(10-31)36-21-16(25)8-27-20(30-21)18-2-3-28-32(18)11-19(26)34/h2-8,15,17H,1,9-11H2,(H2,26,34)/t17-/m0/s1. The highest BCUT2D eigenvalue weighted by molar-refractivity contribution is 5.79. The van der Waals surface area contributed by atoms with E-state index in [-0.39, 0.29) is 36.9 Å². The van der Waals surface area contributed by atoms with E-state index in [1.165, 1.54) is 22.0 Å². The molecule has 2 aliphatic rings. The fourth-order valence-corrected chi connectivity index (χ4v) is 3.97. The van der Waals surface area contributed by atoms with Gasteiger partial charge in [0, 0.05) is 24.9 Å². The van der Waals surface area contributed by atoms with Gasteiger partial charge in [-0.1, -0.05) is 0 Å². The molecule has 36 heavy (non-hydrogen) atoms. The molecule has 0 bridgehead atoms. The molecule has 1 aromatic carbocycles. The van der Waals surface area contributed by atoms with Gasteiger partial charge in [-0.2, -0.15) is 19.6 Å². The fourth-order valence-electron chi connectivity index (χ4n) is 3.97. The van der Waals surface area contributed by atoms with E-state index in [4.69, 9.17) is 10.5 Å². The topological polar surface area (TPSA) is 132 Å². The highest BCUT2D eigenvalue weighted by Crippen LogP contribution is 2.32. The van der Waals surface area contributed by atoms with Crippen molar-refractivity contribution in [2.45, 2.75) is 25.1 Å². The van der Waals surface area contributed by atoms with Gasteiger partial charge in [0.2, 0.25) is 11.7 Å². The Morgan fingerprint density at radius 2 is 1.89 bits per heavy atom. The molecule has 2 N–H and O–H groups in total. The monoisotopic (exact) mass is 500 g/mol. The number of primary amides is 1. The Morgan fingerprint density at radius 3 is 2.61 bits per heavy atom. The Labute approximate surface area is 202 Å².